The third kappa shape index (κ3) is 4.47. The van der Waals surface area contributed by atoms with Crippen molar-refractivity contribution in [1.82, 2.24) is 10.4 Å². The molecule has 0 spiro atoms. The average Bonchev–Trinajstić information content (AvgIpc) is 2.88. The number of hydrazine groups is 1. The molecule has 1 aliphatic heterocycles. The van der Waals surface area contributed by atoms with E-state index in [1.807, 2.05) is 19.9 Å². The van der Waals surface area contributed by atoms with Crippen molar-refractivity contribution in [2.45, 2.75) is 32.6 Å². The molecule has 1 unspecified atom stereocenters. The fourth-order valence-electron chi connectivity index (χ4n) is 5.05. The summed E-state index contributed by atoms with van der Waals surface area (Å²) in [6, 6.07) is 14.3. The molecule has 0 bridgehead atoms. The smallest absolute Gasteiger partial charge is 0.270 e. The van der Waals surface area contributed by atoms with E-state index in [-0.39, 0.29) is 29.0 Å². The van der Waals surface area contributed by atoms with Gasteiger partial charge in [-0.1, -0.05) is 38.1 Å². The maximum Gasteiger partial charge on any atom is 0.270 e. The Morgan fingerprint density at radius 2 is 1.73 bits per heavy atom. The van der Waals surface area contributed by atoms with E-state index in [0.29, 0.717) is 46.1 Å². The van der Waals surface area contributed by atoms with E-state index in [0.717, 1.165) is 0 Å². The number of hydrogen-bond acceptors (Lipinski definition) is 8. The Kier molecular flexibility index (Phi) is 6.86. The van der Waals surface area contributed by atoms with Crippen LogP contribution < -0.4 is 25.4 Å². The number of hydrogen-bond donors (Lipinski definition) is 2. The zero-order chi connectivity index (χ0) is 26.9. The van der Waals surface area contributed by atoms with Crippen molar-refractivity contribution in [3.05, 3.63) is 76.3 Å². The van der Waals surface area contributed by atoms with Crippen molar-refractivity contribution >= 4 is 11.7 Å². The van der Waals surface area contributed by atoms with E-state index >= 15 is 0 Å². The summed E-state index contributed by atoms with van der Waals surface area (Å²) in [6.07, 6.45) is 0.728. The molecule has 1 aliphatic carbocycles. The van der Waals surface area contributed by atoms with E-state index in [9.17, 15) is 14.9 Å². The summed E-state index contributed by atoms with van der Waals surface area (Å²) in [4.78, 5) is 26.8. The third-order valence-corrected chi connectivity index (χ3v) is 6.68. The minimum absolute atomic E-state index is 0.0397. The molecule has 1 atom stereocenters. The first-order valence-electron chi connectivity index (χ1n) is 11.8. The van der Waals surface area contributed by atoms with Crippen LogP contribution in [0.5, 0.6) is 17.2 Å². The van der Waals surface area contributed by atoms with Gasteiger partial charge in [0, 0.05) is 23.1 Å². The molecule has 9 heteroatoms. The molecular formula is C28H30N4O5. The molecular weight excluding hydrogens is 472 g/mol. The minimum Gasteiger partial charge on any atom is -0.493 e. The molecule has 0 radical (unpaired) electrons. The Morgan fingerprint density at radius 3 is 2.32 bits per heavy atom. The van der Waals surface area contributed by atoms with E-state index < -0.39 is 11.8 Å². The van der Waals surface area contributed by atoms with E-state index in [2.05, 4.69) is 11.5 Å². The van der Waals surface area contributed by atoms with Crippen molar-refractivity contribution in [3.8, 4) is 23.3 Å². The van der Waals surface area contributed by atoms with Gasteiger partial charge in [0.05, 0.1) is 44.6 Å². The molecule has 1 amide bonds. The number of benzene rings is 2. The maximum absolute atomic E-state index is 13.7. The highest BCUT2D eigenvalue weighted by atomic mass is 16.5. The van der Waals surface area contributed by atoms with E-state index in [4.69, 9.17) is 19.9 Å². The van der Waals surface area contributed by atoms with Crippen molar-refractivity contribution in [2.24, 2.45) is 11.1 Å². The summed E-state index contributed by atoms with van der Waals surface area (Å²) in [5.74, 6) is -0.210. The zero-order valence-electron chi connectivity index (χ0n) is 21.5. The molecule has 1 heterocycles. The highest BCUT2D eigenvalue weighted by Crippen LogP contribution is 2.52. The summed E-state index contributed by atoms with van der Waals surface area (Å²) in [6.45, 7) is 3.97. The number of nitrogens with one attached hydrogen (secondary N) is 1. The van der Waals surface area contributed by atoms with Gasteiger partial charge in [0.15, 0.2) is 17.3 Å². The van der Waals surface area contributed by atoms with Crippen LogP contribution in [-0.2, 0) is 4.79 Å². The van der Waals surface area contributed by atoms with Gasteiger partial charge >= 0.3 is 0 Å². The van der Waals surface area contributed by atoms with Gasteiger partial charge in [0.25, 0.3) is 5.91 Å². The summed E-state index contributed by atoms with van der Waals surface area (Å²) in [5, 5.41) is 11.7. The Morgan fingerprint density at radius 1 is 1.05 bits per heavy atom. The predicted octanol–water partition coefficient (Wildman–Crippen LogP) is 3.79. The van der Waals surface area contributed by atoms with Gasteiger partial charge in [-0.3, -0.25) is 15.0 Å². The highest BCUT2D eigenvalue weighted by Gasteiger charge is 2.46. The minimum atomic E-state index is -0.816. The lowest BCUT2D eigenvalue weighted by molar-refractivity contribution is -0.118. The number of nitrogens with two attached hydrogens (primary N) is 1. The first-order valence-corrected chi connectivity index (χ1v) is 11.8. The van der Waals surface area contributed by atoms with Crippen molar-refractivity contribution in [2.75, 3.05) is 21.3 Å². The number of rotatable bonds is 6. The van der Waals surface area contributed by atoms with Gasteiger partial charge in [0.1, 0.15) is 5.82 Å². The normalized spacial score (nSPS) is 18.6. The molecule has 2 aliphatic rings. The second kappa shape index (κ2) is 9.90. The van der Waals surface area contributed by atoms with Crippen LogP contribution >= 0.6 is 0 Å². The molecule has 0 fully saturated rings. The average molecular weight is 503 g/mol. The molecule has 2 aromatic rings. The molecule has 37 heavy (non-hydrogen) atoms. The number of allylic oxidation sites excluding steroid dienone is 3. The molecule has 0 saturated heterocycles. The fraction of sp³-hybridized carbons (Fsp3) is 0.321. The van der Waals surface area contributed by atoms with Gasteiger partial charge < -0.3 is 19.9 Å². The van der Waals surface area contributed by atoms with Crippen LogP contribution in [0.1, 0.15) is 48.5 Å². The number of Topliss-reactive ketones (excluding diaryl/α,β-unsaturated/α-hetero) is 1. The van der Waals surface area contributed by atoms with Crippen molar-refractivity contribution in [1.29, 1.82) is 5.26 Å². The molecule has 0 saturated carbocycles. The van der Waals surface area contributed by atoms with E-state index in [1.54, 1.807) is 36.4 Å². The summed E-state index contributed by atoms with van der Waals surface area (Å²) in [7, 11) is 4.48. The number of ketones is 1. The van der Waals surface area contributed by atoms with Gasteiger partial charge in [0.2, 0.25) is 5.75 Å². The van der Waals surface area contributed by atoms with Gasteiger partial charge in [-0.15, -0.1) is 0 Å². The summed E-state index contributed by atoms with van der Waals surface area (Å²) < 4.78 is 16.7. The molecule has 2 aromatic carbocycles. The van der Waals surface area contributed by atoms with Crippen LogP contribution in [0.3, 0.4) is 0 Å². The second-order valence-corrected chi connectivity index (χ2v) is 9.71. The second-order valence-electron chi connectivity index (χ2n) is 9.71. The van der Waals surface area contributed by atoms with Crippen LogP contribution in [0.4, 0.5) is 0 Å². The first-order chi connectivity index (χ1) is 17.7. The lowest BCUT2D eigenvalue weighted by Gasteiger charge is -2.43. The SMILES string of the molecule is COc1ccc(C2C(C#N)=C(N)N(NC(=O)c3ccccc3)C3=C2C(=O)CC(C)(C)C3)c(OC)c1OC. The summed E-state index contributed by atoms with van der Waals surface area (Å²) >= 11 is 0. The highest BCUT2D eigenvalue weighted by molar-refractivity contribution is 6.01. The Bertz CT molecular complexity index is 1350. The number of ether oxygens (including phenoxy) is 3. The summed E-state index contributed by atoms with van der Waals surface area (Å²) in [5.41, 5.74) is 11.0. The number of methoxy groups -OCH3 is 3. The van der Waals surface area contributed by atoms with E-state index in [1.165, 1.54) is 26.3 Å². The first kappa shape index (κ1) is 25.6. The lowest BCUT2D eigenvalue weighted by Crippen LogP contribution is -2.49. The molecule has 0 aromatic heterocycles. The van der Waals surface area contributed by atoms with Gasteiger partial charge in [-0.05, 0) is 30.0 Å². The lowest BCUT2D eigenvalue weighted by atomic mass is 9.69. The fourth-order valence-corrected chi connectivity index (χ4v) is 5.05. The van der Waals surface area contributed by atoms with Gasteiger partial charge in [-0.25, -0.2) is 5.01 Å². The maximum atomic E-state index is 13.7. The monoisotopic (exact) mass is 502 g/mol. The van der Waals surface area contributed by atoms with Gasteiger partial charge in [-0.2, -0.15) is 5.26 Å². The predicted molar refractivity (Wildman–Crippen MR) is 136 cm³/mol. The van der Waals surface area contributed by atoms with Crippen LogP contribution in [0, 0.1) is 16.7 Å². The topological polar surface area (TPSA) is 127 Å². The largest absolute Gasteiger partial charge is 0.493 e. The Hall–Kier alpha value is -4.45. The number of carbonyl (C=O) groups is 2. The molecule has 192 valence electrons. The Labute approximate surface area is 216 Å². The number of nitrogens with zero attached hydrogens (tertiary/aromatic N) is 2. The zero-order valence-corrected chi connectivity index (χ0v) is 21.5. The molecule has 4 rings (SSSR count). The van der Waals surface area contributed by atoms with Crippen LogP contribution in [-0.4, -0.2) is 38.0 Å². The quantitative estimate of drug-likeness (QED) is 0.611. The van der Waals surface area contributed by atoms with Crippen LogP contribution in [0.15, 0.2) is 65.1 Å². The number of carbonyl (C=O) groups excluding carboxylic acids is 2. The van der Waals surface area contributed by atoms with Crippen molar-refractivity contribution in [3.63, 3.8) is 0 Å². The third-order valence-electron chi connectivity index (χ3n) is 6.68. The molecule has 9 nitrogen and oxygen atoms in total. The Balaban J connectivity index is 1.94. The number of nitriles is 1. The van der Waals surface area contributed by atoms with Crippen LogP contribution in [0.25, 0.3) is 0 Å². The number of amides is 1. The van der Waals surface area contributed by atoms with Crippen LogP contribution in [0.2, 0.25) is 0 Å². The molecule has 3 N–H and O–H groups in total. The standard InChI is InChI=1S/C28H30N4O5/c1-28(2)13-19-23(20(33)14-28)22(17-11-12-21(35-3)25(37-5)24(17)36-4)18(15-29)26(30)32(19)31-27(34)16-9-7-6-8-10-16/h6-12,22H,13-14,30H2,1-5H3,(H,31,34). The van der Waals surface area contributed by atoms with Crippen molar-refractivity contribution < 1.29 is 23.8 Å².